The molecule has 0 spiro atoms. The molecule has 0 N–H and O–H groups in total. The summed E-state index contributed by atoms with van der Waals surface area (Å²) in [4.78, 5) is 0. The molecule has 0 atom stereocenters. The minimum atomic E-state index is 0.644. The van der Waals surface area contributed by atoms with Gasteiger partial charge in [-0.3, -0.25) is 0 Å². The Labute approximate surface area is 106 Å². The Morgan fingerprint density at radius 2 is 1.22 bits per heavy atom. The molecule has 0 aliphatic rings. The zero-order valence-electron chi connectivity index (χ0n) is 9.97. The standard InChI is InChI=1S/C16H11NO/c1-18-16-10-8-14(9-11-16)3-2-13-4-6-15(12-17)7-5-13/h4-11H,1H3. The van der Waals surface area contributed by atoms with Crippen molar-refractivity contribution in [3.05, 3.63) is 65.2 Å². The third kappa shape index (κ3) is 2.90. The highest BCUT2D eigenvalue weighted by Gasteiger charge is 1.91. The predicted octanol–water partition coefficient (Wildman–Crippen LogP) is 2.97. The Morgan fingerprint density at radius 3 is 1.67 bits per heavy atom. The summed E-state index contributed by atoms with van der Waals surface area (Å²) in [6.07, 6.45) is 0. The highest BCUT2D eigenvalue weighted by molar-refractivity contribution is 5.45. The monoisotopic (exact) mass is 233 g/mol. The van der Waals surface area contributed by atoms with Gasteiger partial charge >= 0.3 is 0 Å². The molecule has 0 radical (unpaired) electrons. The van der Waals surface area contributed by atoms with Gasteiger partial charge in [-0.15, -0.1) is 0 Å². The van der Waals surface area contributed by atoms with E-state index in [-0.39, 0.29) is 0 Å². The molecule has 0 aromatic heterocycles. The van der Waals surface area contributed by atoms with E-state index in [0.717, 1.165) is 16.9 Å². The summed E-state index contributed by atoms with van der Waals surface area (Å²) >= 11 is 0. The molecule has 0 heterocycles. The SMILES string of the molecule is COc1ccc(C#Cc2ccc(C#N)cc2)cc1. The molecule has 2 rings (SSSR count). The second-order valence-corrected chi connectivity index (χ2v) is 3.67. The van der Waals surface area contributed by atoms with Gasteiger partial charge in [0.05, 0.1) is 18.7 Å². The van der Waals surface area contributed by atoms with Crippen molar-refractivity contribution in [3.8, 4) is 23.7 Å². The van der Waals surface area contributed by atoms with Crippen molar-refractivity contribution >= 4 is 0 Å². The third-order valence-corrected chi connectivity index (χ3v) is 2.46. The van der Waals surface area contributed by atoms with Crippen LogP contribution in [0.2, 0.25) is 0 Å². The number of benzene rings is 2. The van der Waals surface area contributed by atoms with Crippen LogP contribution in [-0.2, 0) is 0 Å². The lowest BCUT2D eigenvalue weighted by Gasteiger charge is -1.97. The number of hydrogen-bond donors (Lipinski definition) is 0. The number of ether oxygens (including phenoxy) is 1. The highest BCUT2D eigenvalue weighted by atomic mass is 16.5. The van der Waals surface area contributed by atoms with Gasteiger partial charge in [-0.2, -0.15) is 5.26 Å². The quantitative estimate of drug-likeness (QED) is 0.709. The average molecular weight is 233 g/mol. The first-order chi connectivity index (χ1) is 8.81. The second kappa shape index (κ2) is 5.57. The van der Waals surface area contributed by atoms with Crippen LogP contribution in [0.25, 0.3) is 0 Å². The van der Waals surface area contributed by atoms with Crippen LogP contribution in [0.5, 0.6) is 5.75 Å². The molecule has 0 saturated carbocycles. The summed E-state index contributed by atoms with van der Waals surface area (Å²) in [5.74, 6) is 6.93. The van der Waals surface area contributed by atoms with Crippen molar-refractivity contribution in [3.63, 3.8) is 0 Å². The number of methoxy groups -OCH3 is 1. The maximum atomic E-state index is 8.69. The fourth-order valence-electron chi connectivity index (χ4n) is 1.45. The van der Waals surface area contributed by atoms with E-state index in [2.05, 4.69) is 17.9 Å². The Balaban J connectivity index is 2.17. The van der Waals surface area contributed by atoms with Crippen LogP contribution in [0, 0.1) is 23.2 Å². The van der Waals surface area contributed by atoms with E-state index >= 15 is 0 Å². The van der Waals surface area contributed by atoms with E-state index in [1.54, 1.807) is 19.2 Å². The van der Waals surface area contributed by atoms with Gasteiger partial charge in [0, 0.05) is 11.1 Å². The topological polar surface area (TPSA) is 33.0 Å². The van der Waals surface area contributed by atoms with Gasteiger partial charge in [-0.05, 0) is 48.5 Å². The first kappa shape index (κ1) is 11.8. The maximum absolute atomic E-state index is 8.69. The van der Waals surface area contributed by atoms with Crippen LogP contribution in [0.4, 0.5) is 0 Å². The number of nitrogens with zero attached hydrogens (tertiary/aromatic N) is 1. The molecule has 0 aliphatic carbocycles. The third-order valence-electron chi connectivity index (χ3n) is 2.46. The molecule has 2 nitrogen and oxygen atoms in total. The molecule has 86 valence electrons. The first-order valence-corrected chi connectivity index (χ1v) is 5.48. The van der Waals surface area contributed by atoms with E-state index in [1.165, 1.54) is 0 Å². The van der Waals surface area contributed by atoms with Crippen molar-refractivity contribution in [2.24, 2.45) is 0 Å². The number of hydrogen-bond acceptors (Lipinski definition) is 2. The highest BCUT2D eigenvalue weighted by Crippen LogP contribution is 2.10. The molecular weight excluding hydrogens is 222 g/mol. The van der Waals surface area contributed by atoms with Crippen molar-refractivity contribution in [2.45, 2.75) is 0 Å². The van der Waals surface area contributed by atoms with Crippen LogP contribution < -0.4 is 4.74 Å². The van der Waals surface area contributed by atoms with Crippen LogP contribution in [0.1, 0.15) is 16.7 Å². The van der Waals surface area contributed by atoms with Crippen molar-refractivity contribution < 1.29 is 4.74 Å². The van der Waals surface area contributed by atoms with Gasteiger partial charge in [0.25, 0.3) is 0 Å². The normalized spacial score (nSPS) is 8.89. The maximum Gasteiger partial charge on any atom is 0.118 e. The van der Waals surface area contributed by atoms with E-state index in [1.807, 2.05) is 36.4 Å². The second-order valence-electron chi connectivity index (χ2n) is 3.67. The number of nitriles is 1. The zero-order chi connectivity index (χ0) is 12.8. The Hall–Kier alpha value is -2.71. The summed E-state index contributed by atoms with van der Waals surface area (Å²) in [5.41, 5.74) is 2.47. The molecule has 0 unspecified atom stereocenters. The van der Waals surface area contributed by atoms with Crippen LogP contribution in [0.3, 0.4) is 0 Å². The fourth-order valence-corrected chi connectivity index (χ4v) is 1.45. The summed E-state index contributed by atoms with van der Waals surface area (Å²) in [6, 6.07) is 16.9. The smallest absolute Gasteiger partial charge is 0.118 e. The molecule has 0 bridgehead atoms. The van der Waals surface area contributed by atoms with E-state index in [9.17, 15) is 0 Å². The van der Waals surface area contributed by atoms with Gasteiger partial charge < -0.3 is 4.74 Å². The largest absolute Gasteiger partial charge is 0.497 e. The van der Waals surface area contributed by atoms with Crippen molar-refractivity contribution in [1.82, 2.24) is 0 Å². The van der Waals surface area contributed by atoms with Crippen LogP contribution in [-0.4, -0.2) is 7.11 Å². The summed E-state index contributed by atoms with van der Waals surface area (Å²) in [5, 5.41) is 8.69. The lowest BCUT2D eigenvalue weighted by Crippen LogP contribution is -1.82. The Bertz CT molecular complexity index is 622. The molecular formula is C16H11NO. The van der Waals surface area contributed by atoms with E-state index in [4.69, 9.17) is 10.00 Å². The average Bonchev–Trinajstić information content (AvgIpc) is 2.46. The van der Waals surface area contributed by atoms with Gasteiger partial charge in [0.1, 0.15) is 5.75 Å². The van der Waals surface area contributed by atoms with Gasteiger partial charge in [-0.1, -0.05) is 11.8 Å². The molecule has 2 aromatic carbocycles. The minimum Gasteiger partial charge on any atom is -0.497 e. The minimum absolute atomic E-state index is 0.644. The molecule has 2 aromatic rings. The van der Waals surface area contributed by atoms with Crippen LogP contribution in [0.15, 0.2) is 48.5 Å². The van der Waals surface area contributed by atoms with Crippen molar-refractivity contribution in [1.29, 1.82) is 5.26 Å². The van der Waals surface area contributed by atoms with Crippen molar-refractivity contribution in [2.75, 3.05) is 7.11 Å². The summed E-state index contributed by atoms with van der Waals surface area (Å²) in [7, 11) is 1.64. The van der Waals surface area contributed by atoms with Gasteiger partial charge in [0.15, 0.2) is 0 Å². The lowest BCUT2D eigenvalue weighted by atomic mass is 10.1. The Morgan fingerprint density at radius 1 is 0.778 bits per heavy atom. The first-order valence-electron chi connectivity index (χ1n) is 5.48. The summed E-state index contributed by atoms with van der Waals surface area (Å²) < 4.78 is 5.08. The van der Waals surface area contributed by atoms with Gasteiger partial charge in [0.2, 0.25) is 0 Å². The Kier molecular flexibility index (Phi) is 3.64. The fraction of sp³-hybridized carbons (Fsp3) is 0.0625. The van der Waals surface area contributed by atoms with Gasteiger partial charge in [-0.25, -0.2) is 0 Å². The number of rotatable bonds is 1. The van der Waals surface area contributed by atoms with E-state index in [0.29, 0.717) is 5.56 Å². The molecule has 2 heteroatoms. The molecule has 0 aliphatic heterocycles. The molecule has 18 heavy (non-hydrogen) atoms. The van der Waals surface area contributed by atoms with Crippen LogP contribution >= 0.6 is 0 Å². The molecule has 0 saturated heterocycles. The lowest BCUT2D eigenvalue weighted by molar-refractivity contribution is 0.415. The molecule has 0 fully saturated rings. The zero-order valence-corrected chi connectivity index (χ0v) is 9.97. The molecule has 0 amide bonds. The predicted molar refractivity (Wildman–Crippen MR) is 70.1 cm³/mol. The van der Waals surface area contributed by atoms with E-state index < -0.39 is 0 Å². The summed E-state index contributed by atoms with van der Waals surface area (Å²) in [6.45, 7) is 0.